The minimum atomic E-state index is 0.921. The van der Waals surface area contributed by atoms with Gasteiger partial charge in [0.15, 0.2) is 0 Å². The van der Waals surface area contributed by atoms with Crippen LogP contribution in [-0.4, -0.2) is 19.1 Å². The summed E-state index contributed by atoms with van der Waals surface area (Å²) in [6.07, 6.45) is 1.87. The molecular formula is C38H24N4. The van der Waals surface area contributed by atoms with E-state index < -0.39 is 0 Å². The standard InChI is InChI=1S/C38H24N4/c1-2-12-25(13-3-1)37-40-35-31-19-6-4-16-28(31)29-17-5-7-20-32(29)36(35)42(37)27-15-10-14-26(24-27)41-34-22-9-8-18-30(34)33-21-11-23-39-38(33)41/h1-24H. The molecule has 0 aliphatic carbocycles. The highest BCUT2D eigenvalue weighted by Gasteiger charge is 2.21. The summed E-state index contributed by atoms with van der Waals surface area (Å²) >= 11 is 0. The molecule has 9 aromatic rings. The number of rotatable bonds is 3. The van der Waals surface area contributed by atoms with E-state index in [0.29, 0.717) is 0 Å². The Kier molecular flexibility index (Phi) is 4.87. The lowest BCUT2D eigenvalue weighted by Crippen LogP contribution is -2.01. The lowest BCUT2D eigenvalue weighted by atomic mass is 10.00. The SMILES string of the molecule is c1ccc(-c2nc3c4ccccc4c4ccccc4c3n2-c2cccc(-n3c4ccccc4c4cccnc43)c2)cc1. The third-order valence-corrected chi connectivity index (χ3v) is 8.34. The largest absolute Gasteiger partial charge is 0.294 e. The lowest BCUT2D eigenvalue weighted by molar-refractivity contribution is 1.08. The number of hydrogen-bond acceptors (Lipinski definition) is 2. The van der Waals surface area contributed by atoms with Gasteiger partial charge in [0.2, 0.25) is 0 Å². The molecule has 0 fully saturated rings. The normalized spacial score (nSPS) is 11.8. The first kappa shape index (κ1) is 23.0. The molecule has 0 amide bonds. The maximum atomic E-state index is 5.37. The van der Waals surface area contributed by atoms with Gasteiger partial charge in [-0.2, -0.15) is 0 Å². The summed E-state index contributed by atoms with van der Waals surface area (Å²) in [7, 11) is 0. The fourth-order valence-corrected chi connectivity index (χ4v) is 6.57. The topological polar surface area (TPSA) is 35.6 Å². The van der Waals surface area contributed by atoms with E-state index in [1.165, 1.54) is 21.5 Å². The van der Waals surface area contributed by atoms with Crippen molar-refractivity contribution in [3.63, 3.8) is 0 Å². The molecule has 0 saturated carbocycles. The van der Waals surface area contributed by atoms with Gasteiger partial charge in [0.25, 0.3) is 0 Å². The number of para-hydroxylation sites is 1. The van der Waals surface area contributed by atoms with Crippen molar-refractivity contribution >= 4 is 54.5 Å². The monoisotopic (exact) mass is 536 g/mol. The maximum absolute atomic E-state index is 5.37. The first-order chi connectivity index (χ1) is 20.9. The van der Waals surface area contributed by atoms with E-state index in [2.05, 4.69) is 143 Å². The summed E-state index contributed by atoms with van der Waals surface area (Å²) in [6, 6.07) is 49.2. The molecule has 4 heteroatoms. The Morgan fingerprint density at radius 1 is 0.452 bits per heavy atom. The van der Waals surface area contributed by atoms with Gasteiger partial charge in [0, 0.05) is 44.7 Å². The lowest BCUT2D eigenvalue weighted by Gasteiger charge is -2.14. The molecule has 4 nitrogen and oxygen atoms in total. The van der Waals surface area contributed by atoms with Crippen molar-refractivity contribution in [2.24, 2.45) is 0 Å². The molecule has 9 rings (SSSR count). The van der Waals surface area contributed by atoms with E-state index in [-0.39, 0.29) is 0 Å². The Labute approximate surface area is 241 Å². The minimum Gasteiger partial charge on any atom is -0.294 e. The van der Waals surface area contributed by atoms with Crippen molar-refractivity contribution in [3.05, 3.63) is 146 Å². The molecule has 0 atom stereocenters. The Hall–Kier alpha value is -5.74. The van der Waals surface area contributed by atoms with Crippen molar-refractivity contribution in [1.82, 2.24) is 19.1 Å². The van der Waals surface area contributed by atoms with Gasteiger partial charge < -0.3 is 0 Å². The number of benzene rings is 6. The summed E-state index contributed by atoms with van der Waals surface area (Å²) in [4.78, 5) is 10.2. The minimum absolute atomic E-state index is 0.921. The highest BCUT2D eigenvalue weighted by molar-refractivity contribution is 6.24. The quantitative estimate of drug-likeness (QED) is 0.211. The van der Waals surface area contributed by atoms with E-state index in [9.17, 15) is 0 Å². The highest BCUT2D eigenvalue weighted by Crippen LogP contribution is 2.39. The van der Waals surface area contributed by atoms with Crippen LogP contribution in [0.1, 0.15) is 0 Å². The molecule has 0 bridgehead atoms. The molecular weight excluding hydrogens is 512 g/mol. The van der Waals surface area contributed by atoms with Crippen molar-refractivity contribution < 1.29 is 0 Å². The molecule has 0 unspecified atom stereocenters. The van der Waals surface area contributed by atoms with Crippen molar-refractivity contribution in [1.29, 1.82) is 0 Å². The van der Waals surface area contributed by atoms with E-state index in [0.717, 1.165) is 55.7 Å². The molecule has 0 saturated heterocycles. The summed E-state index contributed by atoms with van der Waals surface area (Å²) in [5.74, 6) is 0.921. The van der Waals surface area contributed by atoms with Gasteiger partial charge in [-0.25, -0.2) is 9.97 Å². The van der Waals surface area contributed by atoms with Crippen LogP contribution in [0.4, 0.5) is 0 Å². The molecule has 42 heavy (non-hydrogen) atoms. The zero-order valence-corrected chi connectivity index (χ0v) is 22.6. The third kappa shape index (κ3) is 3.23. The fraction of sp³-hybridized carbons (Fsp3) is 0. The average molecular weight is 537 g/mol. The molecule has 196 valence electrons. The van der Waals surface area contributed by atoms with E-state index in [4.69, 9.17) is 9.97 Å². The van der Waals surface area contributed by atoms with Crippen LogP contribution in [0.15, 0.2) is 146 Å². The van der Waals surface area contributed by atoms with Crippen LogP contribution in [0.5, 0.6) is 0 Å². The van der Waals surface area contributed by atoms with Crippen molar-refractivity contribution in [3.8, 4) is 22.8 Å². The van der Waals surface area contributed by atoms with Crippen LogP contribution in [-0.2, 0) is 0 Å². The molecule has 0 radical (unpaired) electrons. The van der Waals surface area contributed by atoms with Crippen LogP contribution in [0.25, 0.3) is 77.3 Å². The van der Waals surface area contributed by atoms with E-state index in [1.54, 1.807) is 0 Å². The summed E-state index contributed by atoms with van der Waals surface area (Å²) in [6.45, 7) is 0. The zero-order chi connectivity index (χ0) is 27.6. The molecule has 6 aromatic carbocycles. The van der Waals surface area contributed by atoms with Gasteiger partial charge >= 0.3 is 0 Å². The van der Waals surface area contributed by atoms with Crippen molar-refractivity contribution in [2.45, 2.75) is 0 Å². The van der Waals surface area contributed by atoms with Crippen LogP contribution < -0.4 is 0 Å². The first-order valence-corrected chi connectivity index (χ1v) is 14.2. The molecule has 0 N–H and O–H groups in total. The Balaban J connectivity index is 1.42. The van der Waals surface area contributed by atoms with Gasteiger partial charge in [-0.15, -0.1) is 0 Å². The van der Waals surface area contributed by atoms with Gasteiger partial charge in [-0.1, -0.05) is 103 Å². The molecule has 0 spiro atoms. The molecule has 0 aliphatic heterocycles. The summed E-state index contributed by atoms with van der Waals surface area (Å²) in [5, 5.41) is 7.13. The van der Waals surface area contributed by atoms with Crippen LogP contribution in [0.3, 0.4) is 0 Å². The number of pyridine rings is 1. The zero-order valence-electron chi connectivity index (χ0n) is 22.6. The van der Waals surface area contributed by atoms with E-state index >= 15 is 0 Å². The summed E-state index contributed by atoms with van der Waals surface area (Å²) in [5.41, 5.74) is 7.39. The predicted octanol–water partition coefficient (Wildman–Crippen LogP) is 9.49. The Bertz CT molecular complexity index is 2410. The molecule has 3 heterocycles. The van der Waals surface area contributed by atoms with Gasteiger partial charge in [0.05, 0.1) is 16.6 Å². The molecule has 3 aromatic heterocycles. The number of nitrogens with zero attached hydrogens (tertiary/aromatic N) is 4. The first-order valence-electron chi connectivity index (χ1n) is 14.2. The number of imidazole rings is 1. The number of hydrogen-bond donors (Lipinski definition) is 0. The number of fused-ring (bicyclic) bond motifs is 9. The van der Waals surface area contributed by atoms with Gasteiger partial charge in [0.1, 0.15) is 11.5 Å². The van der Waals surface area contributed by atoms with Crippen LogP contribution in [0.2, 0.25) is 0 Å². The Morgan fingerprint density at radius 2 is 1.07 bits per heavy atom. The second-order valence-electron chi connectivity index (χ2n) is 10.7. The molecule has 0 aliphatic rings. The van der Waals surface area contributed by atoms with Gasteiger partial charge in [-0.05, 0) is 47.2 Å². The smallest absolute Gasteiger partial charge is 0.145 e. The van der Waals surface area contributed by atoms with Crippen LogP contribution in [0, 0.1) is 0 Å². The summed E-state index contributed by atoms with van der Waals surface area (Å²) < 4.78 is 4.60. The van der Waals surface area contributed by atoms with Crippen LogP contribution >= 0.6 is 0 Å². The second kappa shape index (κ2) is 8.88. The highest BCUT2D eigenvalue weighted by atomic mass is 15.1. The van der Waals surface area contributed by atoms with E-state index in [1.807, 2.05) is 12.3 Å². The third-order valence-electron chi connectivity index (χ3n) is 8.34. The van der Waals surface area contributed by atoms with Gasteiger partial charge in [-0.3, -0.25) is 9.13 Å². The van der Waals surface area contributed by atoms with Crippen molar-refractivity contribution in [2.75, 3.05) is 0 Å². The maximum Gasteiger partial charge on any atom is 0.145 e. The fourth-order valence-electron chi connectivity index (χ4n) is 6.57. The average Bonchev–Trinajstić information content (AvgIpc) is 3.63. The second-order valence-corrected chi connectivity index (χ2v) is 10.7. The Morgan fingerprint density at radius 3 is 1.88 bits per heavy atom. The number of aromatic nitrogens is 4. The predicted molar refractivity (Wildman–Crippen MR) is 174 cm³/mol.